The maximum atomic E-state index is 13.1. The van der Waals surface area contributed by atoms with Gasteiger partial charge in [0.2, 0.25) is 0 Å². The van der Waals surface area contributed by atoms with Crippen LogP contribution < -0.4 is 5.32 Å². The van der Waals surface area contributed by atoms with Crippen LogP contribution in [-0.2, 0) is 16.1 Å². The van der Waals surface area contributed by atoms with Gasteiger partial charge in [-0.2, -0.15) is 0 Å². The Morgan fingerprint density at radius 3 is 2.59 bits per heavy atom. The number of nitrogens with one attached hydrogen (secondary N) is 1. The summed E-state index contributed by atoms with van der Waals surface area (Å²) in [5, 5.41) is 3.50. The molecule has 5 heterocycles. The lowest BCUT2D eigenvalue weighted by molar-refractivity contribution is -0.122. The Hall–Kier alpha value is -3.71. The summed E-state index contributed by atoms with van der Waals surface area (Å²) >= 11 is 0. The van der Waals surface area contributed by atoms with E-state index in [1.54, 1.807) is 10.8 Å². The third kappa shape index (κ3) is 3.53. The number of carbonyl (C=O) groups is 2. The highest BCUT2D eigenvalue weighted by molar-refractivity contribution is 6.47. The fraction of sp³-hybridized carbons (Fsp3) is 0.296. The monoisotopic (exact) mass is 453 g/mol. The molecule has 0 saturated carbocycles. The van der Waals surface area contributed by atoms with E-state index in [1.165, 1.54) is 32.4 Å². The molecule has 2 aliphatic rings. The van der Waals surface area contributed by atoms with Gasteiger partial charge in [0.15, 0.2) is 0 Å². The molecule has 34 heavy (non-hydrogen) atoms. The maximum absolute atomic E-state index is 13.1. The summed E-state index contributed by atoms with van der Waals surface area (Å²) in [4.78, 5) is 32.9. The molecule has 0 radical (unpaired) electrons. The van der Waals surface area contributed by atoms with Gasteiger partial charge in [0.05, 0.1) is 16.6 Å². The number of fused-ring (bicyclic) bond motifs is 2. The van der Waals surface area contributed by atoms with Gasteiger partial charge >= 0.3 is 0 Å². The second-order valence-corrected chi connectivity index (χ2v) is 9.11. The smallest absolute Gasteiger partial charge is 0.275 e. The summed E-state index contributed by atoms with van der Waals surface area (Å²) in [6.07, 6.45) is 10.5. The third-order valence-corrected chi connectivity index (χ3v) is 6.98. The molecule has 0 unspecified atom stereocenters. The number of hydrogen-bond acceptors (Lipinski definition) is 4. The summed E-state index contributed by atoms with van der Waals surface area (Å²) in [6, 6.07) is 13.7. The number of pyridine rings is 1. The fourth-order valence-corrected chi connectivity index (χ4v) is 5.37. The summed E-state index contributed by atoms with van der Waals surface area (Å²) in [7, 11) is 0. The van der Waals surface area contributed by atoms with Crippen molar-refractivity contribution in [3.8, 4) is 0 Å². The molecule has 172 valence electrons. The van der Waals surface area contributed by atoms with E-state index >= 15 is 0 Å². The number of carbonyl (C=O) groups excluding carboxylic acids is 2. The number of nitrogens with zero attached hydrogens (tertiary/aromatic N) is 4. The standard InChI is InChI=1S/C27H27N5O2/c33-26-24(25(27(34)29-26)32-17-11-21-23(32)10-6-12-28-21)20-18-31(22-9-3-2-8-19(20)22)16-7-15-30-13-4-1-5-14-30/h2-3,6,8-12,17-18H,1,4-5,7,13-16H2,(H,29,33,34). The van der Waals surface area contributed by atoms with Crippen molar-refractivity contribution in [2.75, 3.05) is 19.6 Å². The van der Waals surface area contributed by atoms with Gasteiger partial charge in [0, 0.05) is 41.6 Å². The van der Waals surface area contributed by atoms with Crippen molar-refractivity contribution < 1.29 is 9.59 Å². The number of imide groups is 1. The minimum atomic E-state index is -0.386. The number of rotatable bonds is 6. The van der Waals surface area contributed by atoms with Crippen LogP contribution in [0.25, 0.3) is 33.2 Å². The average molecular weight is 454 g/mol. The summed E-state index contributed by atoms with van der Waals surface area (Å²) < 4.78 is 4.00. The SMILES string of the molecule is O=C1NC(=O)C(n2ccc3ncccc32)=C1c1cn(CCCN2CCCCC2)c2ccccc12. The van der Waals surface area contributed by atoms with Crippen molar-refractivity contribution >= 4 is 45.0 Å². The van der Waals surface area contributed by atoms with Gasteiger partial charge in [-0.25, -0.2) is 0 Å². The molecule has 0 bridgehead atoms. The maximum Gasteiger partial charge on any atom is 0.275 e. The van der Waals surface area contributed by atoms with E-state index in [1.807, 2.05) is 48.8 Å². The number of para-hydroxylation sites is 1. The molecule has 1 fully saturated rings. The van der Waals surface area contributed by atoms with Crippen molar-refractivity contribution in [3.05, 3.63) is 66.6 Å². The van der Waals surface area contributed by atoms with E-state index in [-0.39, 0.29) is 11.8 Å². The molecule has 0 aliphatic carbocycles. The van der Waals surface area contributed by atoms with Crippen LogP contribution >= 0.6 is 0 Å². The Bertz CT molecular complexity index is 1440. The van der Waals surface area contributed by atoms with Crippen LogP contribution in [0.2, 0.25) is 0 Å². The number of amides is 2. The van der Waals surface area contributed by atoms with Crippen LogP contribution in [0.5, 0.6) is 0 Å². The predicted molar refractivity (Wildman–Crippen MR) is 133 cm³/mol. The van der Waals surface area contributed by atoms with Gasteiger partial charge in [0.1, 0.15) is 5.70 Å². The molecule has 1 aromatic carbocycles. The average Bonchev–Trinajstić information content (AvgIpc) is 3.53. The predicted octanol–water partition coefficient (Wildman–Crippen LogP) is 3.89. The van der Waals surface area contributed by atoms with Gasteiger partial charge in [-0.3, -0.25) is 19.9 Å². The van der Waals surface area contributed by atoms with Crippen LogP contribution in [0.15, 0.2) is 61.1 Å². The molecule has 3 aromatic heterocycles. The molecule has 0 spiro atoms. The zero-order valence-electron chi connectivity index (χ0n) is 19.0. The fourth-order valence-electron chi connectivity index (χ4n) is 5.37. The first-order valence-electron chi connectivity index (χ1n) is 12.0. The Morgan fingerprint density at radius 1 is 0.882 bits per heavy atom. The molecule has 1 N–H and O–H groups in total. The minimum Gasteiger partial charge on any atom is -0.347 e. The van der Waals surface area contributed by atoms with Crippen molar-refractivity contribution in [1.29, 1.82) is 0 Å². The van der Waals surface area contributed by atoms with Crippen LogP contribution in [0.4, 0.5) is 0 Å². The molecular formula is C27H27N5O2. The highest BCUT2D eigenvalue weighted by Crippen LogP contribution is 2.35. The van der Waals surface area contributed by atoms with E-state index in [9.17, 15) is 9.59 Å². The molecule has 1 saturated heterocycles. The number of benzene rings is 1. The normalized spacial score (nSPS) is 17.3. The van der Waals surface area contributed by atoms with Gasteiger partial charge in [-0.05, 0) is 63.2 Å². The van der Waals surface area contributed by atoms with E-state index in [0.29, 0.717) is 11.3 Å². The van der Waals surface area contributed by atoms with Gasteiger partial charge in [-0.1, -0.05) is 24.6 Å². The second-order valence-electron chi connectivity index (χ2n) is 9.11. The second kappa shape index (κ2) is 8.57. The minimum absolute atomic E-state index is 0.351. The lowest BCUT2D eigenvalue weighted by atomic mass is 10.0. The zero-order valence-corrected chi connectivity index (χ0v) is 19.0. The first kappa shape index (κ1) is 20.9. The topological polar surface area (TPSA) is 72.2 Å². The first-order valence-corrected chi connectivity index (χ1v) is 12.0. The van der Waals surface area contributed by atoms with Crippen molar-refractivity contribution in [2.45, 2.75) is 32.2 Å². The zero-order chi connectivity index (χ0) is 23.1. The van der Waals surface area contributed by atoms with Crippen molar-refractivity contribution in [3.63, 3.8) is 0 Å². The number of aryl methyl sites for hydroxylation is 1. The lowest BCUT2D eigenvalue weighted by Crippen LogP contribution is -2.31. The third-order valence-electron chi connectivity index (χ3n) is 6.98. The van der Waals surface area contributed by atoms with E-state index in [0.717, 1.165) is 47.0 Å². The number of hydrogen-bond donors (Lipinski definition) is 1. The van der Waals surface area contributed by atoms with Gasteiger partial charge in [0.25, 0.3) is 11.8 Å². The van der Waals surface area contributed by atoms with E-state index in [4.69, 9.17) is 0 Å². The molecule has 6 rings (SSSR count). The van der Waals surface area contributed by atoms with Crippen LogP contribution in [0.3, 0.4) is 0 Å². The Labute approximate surface area is 197 Å². The molecule has 0 atom stereocenters. The molecule has 7 nitrogen and oxygen atoms in total. The van der Waals surface area contributed by atoms with Crippen molar-refractivity contribution in [1.82, 2.24) is 24.3 Å². The molecular weight excluding hydrogens is 426 g/mol. The van der Waals surface area contributed by atoms with Gasteiger partial charge < -0.3 is 14.0 Å². The van der Waals surface area contributed by atoms with Crippen LogP contribution in [0.1, 0.15) is 31.2 Å². The number of aromatic nitrogens is 3. The Kier molecular flexibility index (Phi) is 5.26. The van der Waals surface area contributed by atoms with Gasteiger partial charge in [-0.15, -0.1) is 0 Å². The van der Waals surface area contributed by atoms with E-state index < -0.39 is 0 Å². The highest BCUT2D eigenvalue weighted by atomic mass is 16.2. The first-order chi connectivity index (χ1) is 16.7. The summed E-state index contributed by atoms with van der Waals surface area (Å²) in [5.41, 5.74) is 4.21. The largest absolute Gasteiger partial charge is 0.347 e. The van der Waals surface area contributed by atoms with Crippen molar-refractivity contribution in [2.24, 2.45) is 0 Å². The van der Waals surface area contributed by atoms with Crippen LogP contribution in [-0.4, -0.2) is 50.5 Å². The molecule has 2 aliphatic heterocycles. The number of likely N-dealkylation sites (tertiary alicyclic amines) is 1. The number of piperidine rings is 1. The van der Waals surface area contributed by atoms with Crippen LogP contribution in [0, 0.1) is 0 Å². The molecule has 2 amide bonds. The van der Waals surface area contributed by atoms with E-state index in [2.05, 4.69) is 25.8 Å². The highest BCUT2D eigenvalue weighted by Gasteiger charge is 2.34. The Balaban J connectivity index is 1.42. The molecule has 7 heteroatoms. The quantitative estimate of drug-likeness (QED) is 0.450. The summed E-state index contributed by atoms with van der Waals surface area (Å²) in [5.74, 6) is -0.745. The lowest BCUT2D eigenvalue weighted by Gasteiger charge is -2.26. The summed E-state index contributed by atoms with van der Waals surface area (Å²) in [6.45, 7) is 4.33. The molecule has 4 aromatic rings. The Morgan fingerprint density at radius 2 is 1.71 bits per heavy atom.